The minimum absolute atomic E-state index is 0.142. The Morgan fingerprint density at radius 3 is 2.29 bits per heavy atom. The Bertz CT molecular complexity index is 380. The molecule has 0 aromatic heterocycles. The highest BCUT2D eigenvalue weighted by Crippen LogP contribution is 2.36. The number of hydrogen-bond donors (Lipinski definition) is 0. The van der Waals surface area contributed by atoms with E-state index in [2.05, 4.69) is 12.7 Å². The van der Waals surface area contributed by atoms with Crippen LogP contribution >= 0.6 is 0 Å². The molecule has 0 unspecified atom stereocenters. The number of benzene rings is 1. The molecule has 0 aliphatic heterocycles. The second-order valence-electron chi connectivity index (χ2n) is 4.78. The Balaban J connectivity index is 1.92. The minimum atomic E-state index is -0.142. The summed E-state index contributed by atoms with van der Waals surface area (Å²) in [5, 5.41) is 0. The van der Waals surface area contributed by atoms with Gasteiger partial charge in [-0.15, -0.1) is 0 Å². The van der Waals surface area contributed by atoms with E-state index >= 15 is 0 Å². The summed E-state index contributed by atoms with van der Waals surface area (Å²) in [6, 6.07) is 7.00. The van der Waals surface area contributed by atoms with Gasteiger partial charge in [-0.1, -0.05) is 36.9 Å². The lowest BCUT2D eigenvalue weighted by Crippen LogP contribution is -2.11. The summed E-state index contributed by atoms with van der Waals surface area (Å²) in [6.07, 6.45) is 11.0. The Hall–Kier alpha value is -1.37. The summed E-state index contributed by atoms with van der Waals surface area (Å²) in [5.74, 6) is 1.17. The van der Waals surface area contributed by atoms with Crippen LogP contribution in [-0.2, 0) is 0 Å². The smallest absolute Gasteiger partial charge is 0.123 e. The zero-order valence-corrected chi connectivity index (χ0v) is 10.1. The standard InChI is InChI=1S/C16H19F/c1-2-3-4-13-5-7-14(8-6-13)15-9-11-16(17)12-10-15/h2-4,9-14H,1,5-8H2/b4-3+. The molecule has 0 nitrogen and oxygen atoms in total. The van der Waals surface area contributed by atoms with Crippen molar-refractivity contribution in [1.29, 1.82) is 0 Å². The second-order valence-corrected chi connectivity index (χ2v) is 4.78. The first-order chi connectivity index (χ1) is 8.29. The summed E-state index contributed by atoms with van der Waals surface area (Å²) in [4.78, 5) is 0. The highest BCUT2D eigenvalue weighted by atomic mass is 19.1. The zero-order valence-electron chi connectivity index (χ0n) is 10.1. The molecule has 1 saturated carbocycles. The first kappa shape index (κ1) is 12.1. The van der Waals surface area contributed by atoms with Gasteiger partial charge in [0, 0.05) is 0 Å². The topological polar surface area (TPSA) is 0 Å². The molecule has 1 fully saturated rings. The van der Waals surface area contributed by atoms with Gasteiger partial charge in [0.25, 0.3) is 0 Å². The van der Waals surface area contributed by atoms with Crippen LogP contribution in [0.2, 0.25) is 0 Å². The van der Waals surface area contributed by atoms with Crippen molar-refractivity contribution in [2.75, 3.05) is 0 Å². The van der Waals surface area contributed by atoms with E-state index in [1.807, 2.05) is 24.3 Å². The molecular formula is C16H19F. The van der Waals surface area contributed by atoms with Crippen LogP contribution in [0.1, 0.15) is 37.2 Å². The molecule has 0 saturated heterocycles. The molecule has 2 rings (SSSR count). The van der Waals surface area contributed by atoms with Gasteiger partial charge in [0.05, 0.1) is 0 Å². The van der Waals surface area contributed by atoms with E-state index < -0.39 is 0 Å². The highest BCUT2D eigenvalue weighted by Gasteiger charge is 2.20. The third-order valence-corrected chi connectivity index (χ3v) is 3.63. The molecule has 0 N–H and O–H groups in total. The summed E-state index contributed by atoms with van der Waals surface area (Å²) in [5.41, 5.74) is 1.29. The van der Waals surface area contributed by atoms with Gasteiger partial charge in [0.2, 0.25) is 0 Å². The van der Waals surface area contributed by atoms with E-state index in [1.165, 1.54) is 31.2 Å². The average molecular weight is 230 g/mol. The normalized spacial score (nSPS) is 25.0. The van der Waals surface area contributed by atoms with Gasteiger partial charge in [-0.3, -0.25) is 0 Å². The molecule has 1 aliphatic rings. The van der Waals surface area contributed by atoms with Crippen molar-refractivity contribution in [1.82, 2.24) is 0 Å². The quantitative estimate of drug-likeness (QED) is 0.652. The van der Waals surface area contributed by atoms with Crippen molar-refractivity contribution in [2.24, 2.45) is 5.92 Å². The molecule has 1 heteroatoms. The van der Waals surface area contributed by atoms with Crippen LogP contribution in [0.25, 0.3) is 0 Å². The molecule has 1 aliphatic carbocycles. The van der Waals surface area contributed by atoms with E-state index in [4.69, 9.17) is 0 Å². The van der Waals surface area contributed by atoms with Gasteiger partial charge in [0.1, 0.15) is 5.82 Å². The van der Waals surface area contributed by atoms with Crippen LogP contribution in [0.15, 0.2) is 49.1 Å². The lowest BCUT2D eigenvalue weighted by Gasteiger charge is -2.27. The van der Waals surface area contributed by atoms with Gasteiger partial charge in [-0.05, 0) is 55.2 Å². The average Bonchev–Trinajstić information content (AvgIpc) is 2.38. The maximum Gasteiger partial charge on any atom is 0.123 e. The molecule has 90 valence electrons. The Kier molecular flexibility index (Phi) is 4.13. The van der Waals surface area contributed by atoms with E-state index in [0.717, 1.165) is 0 Å². The van der Waals surface area contributed by atoms with Crippen LogP contribution in [0.5, 0.6) is 0 Å². The molecule has 0 amide bonds. The van der Waals surface area contributed by atoms with Crippen LogP contribution in [0.3, 0.4) is 0 Å². The molecular weight excluding hydrogens is 211 g/mol. The van der Waals surface area contributed by atoms with Crippen LogP contribution in [0.4, 0.5) is 4.39 Å². The Morgan fingerprint density at radius 1 is 1.06 bits per heavy atom. The monoisotopic (exact) mass is 230 g/mol. The van der Waals surface area contributed by atoms with Gasteiger partial charge in [0.15, 0.2) is 0 Å². The van der Waals surface area contributed by atoms with Crippen LogP contribution < -0.4 is 0 Å². The van der Waals surface area contributed by atoms with Gasteiger partial charge >= 0.3 is 0 Å². The van der Waals surface area contributed by atoms with Crippen molar-refractivity contribution in [2.45, 2.75) is 31.6 Å². The van der Waals surface area contributed by atoms with Gasteiger partial charge < -0.3 is 0 Å². The van der Waals surface area contributed by atoms with Crippen molar-refractivity contribution in [3.05, 3.63) is 60.5 Å². The maximum absolute atomic E-state index is 12.8. The van der Waals surface area contributed by atoms with Crippen molar-refractivity contribution in [3.63, 3.8) is 0 Å². The Morgan fingerprint density at radius 2 is 1.71 bits per heavy atom. The lowest BCUT2D eigenvalue weighted by atomic mass is 9.78. The van der Waals surface area contributed by atoms with Crippen LogP contribution in [-0.4, -0.2) is 0 Å². The molecule has 1 aromatic rings. The first-order valence-electron chi connectivity index (χ1n) is 6.34. The molecule has 0 spiro atoms. The molecule has 0 radical (unpaired) electrons. The highest BCUT2D eigenvalue weighted by molar-refractivity contribution is 5.21. The van der Waals surface area contributed by atoms with Crippen molar-refractivity contribution >= 4 is 0 Å². The van der Waals surface area contributed by atoms with E-state index in [9.17, 15) is 4.39 Å². The molecule has 0 bridgehead atoms. The predicted octanol–water partition coefficient (Wildman–Crippen LogP) is 4.84. The number of rotatable bonds is 3. The first-order valence-corrected chi connectivity index (χ1v) is 6.34. The third-order valence-electron chi connectivity index (χ3n) is 3.63. The molecule has 0 heterocycles. The summed E-state index contributed by atoms with van der Waals surface area (Å²) >= 11 is 0. The number of allylic oxidation sites excluding steroid dienone is 3. The maximum atomic E-state index is 12.8. The van der Waals surface area contributed by atoms with Crippen LogP contribution in [0, 0.1) is 11.7 Å². The number of halogens is 1. The number of hydrogen-bond acceptors (Lipinski definition) is 0. The summed E-state index contributed by atoms with van der Waals surface area (Å²) < 4.78 is 12.8. The Labute approximate surface area is 103 Å². The van der Waals surface area contributed by atoms with Gasteiger partial charge in [-0.2, -0.15) is 0 Å². The zero-order chi connectivity index (χ0) is 12.1. The van der Waals surface area contributed by atoms with E-state index in [-0.39, 0.29) is 5.82 Å². The molecule has 1 aromatic carbocycles. The molecule has 17 heavy (non-hydrogen) atoms. The third kappa shape index (κ3) is 3.29. The van der Waals surface area contributed by atoms with Crippen molar-refractivity contribution in [3.8, 4) is 0 Å². The van der Waals surface area contributed by atoms with Gasteiger partial charge in [-0.25, -0.2) is 4.39 Å². The lowest BCUT2D eigenvalue weighted by molar-refractivity contribution is 0.375. The SMILES string of the molecule is C=C/C=C/C1CCC(c2ccc(F)cc2)CC1. The largest absolute Gasteiger partial charge is 0.207 e. The fraction of sp³-hybridized carbons (Fsp3) is 0.375. The van der Waals surface area contributed by atoms with E-state index in [1.54, 1.807) is 12.1 Å². The predicted molar refractivity (Wildman–Crippen MR) is 70.4 cm³/mol. The fourth-order valence-corrected chi connectivity index (χ4v) is 2.62. The second kappa shape index (κ2) is 5.81. The fourth-order valence-electron chi connectivity index (χ4n) is 2.62. The van der Waals surface area contributed by atoms with E-state index in [0.29, 0.717) is 11.8 Å². The summed E-state index contributed by atoms with van der Waals surface area (Å²) in [6.45, 7) is 3.69. The summed E-state index contributed by atoms with van der Waals surface area (Å²) in [7, 11) is 0. The van der Waals surface area contributed by atoms with Crippen molar-refractivity contribution < 1.29 is 4.39 Å². The minimum Gasteiger partial charge on any atom is -0.207 e. The molecule has 0 atom stereocenters.